The molecule has 2 amide bonds. The van der Waals surface area contributed by atoms with Crippen molar-refractivity contribution in [1.82, 2.24) is 15.1 Å². The van der Waals surface area contributed by atoms with E-state index in [9.17, 15) is 9.59 Å². The van der Waals surface area contributed by atoms with Gasteiger partial charge in [-0.05, 0) is 49.7 Å². The van der Waals surface area contributed by atoms with Gasteiger partial charge in [0.1, 0.15) is 13.2 Å². The molecule has 0 bridgehead atoms. The molecule has 23 heavy (non-hydrogen) atoms. The Morgan fingerprint density at radius 2 is 2.09 bits per heavy atom. The predicted molar refractivity (Wildman–Crippen MR) is 90.6 cm³/mol. The Hall–Kier alpha value is -0.950. The fourth-order valence-electron chi connectivity index (χ4n) is 3.70. The van der Waals surface area contributed by atoms with Gasteiger partial charge in [0.2, 0.25) is 5.91 Å². The average Bonchev–Trinajstić information content (AvgIpc) is 2.99. The van der Waals surface area contributed by atoms with Crippen LogP contribution >= 0.6 is 11.8 Å². The molecule has 6 nitrogen and oxygen atoms in total. The first-order valence-corrected chi connectivity index (χ1v) is 9.88. The van der Waals surface area contributed by atoms with Crippen molar-refractivity contribution < 1.29 is 14.3 Å². The van der Waals surface area contributed by atoms with Gasteiger partial charge in [-0.2, -0.15) is 11.8 Å². The molecule has 1 unspecified atom stereocenters. The highest BCUT2D eigenvalue weighted by Gasteiger charge is 2.28. The van der Waals surface area contributed by atoms with Crippen LogP contribution in [0.3, 0.4) is 0 Å². The summed E-state index contributed by atoms with van der Waals surface area (Å²) in [7, 11) is 0. The van der Waals surface area contributed by atoms with E-state index in [-0.39, 0.29) is 18.5 Å². The number of rotatable bonds is 5. The van der Waals surface area contributed by atoms with Gasteiger partial charge in [-0.1, -0.05) is 0 Å². The average molecular weight is 341 g/mol. The molecule has 1 N–H and O–H groups in total. The largest absolute Gasteiger partial charge is 0.448 e. The number of carbonyl (C=O) groups is 2. The number of nitrogens with one attached hydrogen (secondary N) is 1. The molecule has 7 heteroatoms. The van der Waals surface area contributed by atoms with Crippen LogP contribution in [0.1, 0.15) is 25.7 Å². The Morgan fingerprint density at radius 3 is 2.83 bits per heavy atom. The lowest BCUT2D eigenvalue weighted by molar-refractivity contribution is -0.121. The maximum absolute atomic E-state index is 12.0. The van der Waals surface area contributed by atoms with E-state index in [1.54, 1.807) is 0 Å². The number of nitrogens with zero attached hydrogens (tertiary/aromatic N) is 2. The molecule has 0 aliphatic carbocycles. The molecule has 3 aliphatic heterocycles. The molecule has 1 atom stereocenters. The summed E-state index contributed by atoms with van der Waals surface area (Å²) in [4.78, 5) is 27.4. The quantitative estimate of drug-likeness (QED) is 0.813. The first kappa shape index (κ1) is 16.9. The summed E-state index contributed by atoms with van der Waals surface area (Å²) in [5, 5.41) is 3.00. The summed E-state index contributed by atoms with van der Waals surface area (Å²) in [6.07, 6.45) is 4.65. The molecule has 3 rings (SSSR count). The summed E-state index contributed by atoms with van der Waals surface area (Å²) >= 11 is 2.07. The molecular formula is C16H27N3O3S. The van der Waals surface area contributed by atoms with Gasteiger partial charge in [-0.3, -0.25) is 14.6 Å². The number of ether oxygens (including phenoxy) is 1. The van der Waals surface area contributed by atoms with Crippen LogP contribution in [0.15, 0.2) is 0 Å². The van der Waals surface area contributed by atoms with Crippen molar-refractivity contribution >= 4 is 23.8 Å². The summed E-state index contributed by atoms with van der Waals surface area (Å²) in [5.74, 6) is 3.03. The van der Waals surface area contributed by atoms with Crippen LogP contribution < -0.4 is 5.32 Å². The van der Waals surface area contributed by atoms with Gasteiger partial charge in [-0.25, -0.2) is 4.79 Å². The third-order valence-corrected chi connectivity index (χ3v) is 6.07. The van der Waals surface area contributed by atoms with Gasteiger partial charge >= 0.3 is 6.09 Å². The molecule has 0 aromatic rings. The van der Waals surface area contributed by atoms with Crippen molar-refractivity contribution in [2.24, 2.45) is 5.92 Å². The summed E-state index contributed by atoms with van der Waals surface area (Å²) in [6, 6.07) is 0.745. The van der Waals surface area contributed by atoms with Crippen LogP contribution in [0, 0.1) is 5.92 Å². The summed E-state index contributed by atoms with van der Waals surface area (Å²) in [6.45, 7) is 4.06. The second-order valence-electron chi connectivity index (χ2n) is 6.69. The second kappa shape index (κ2) is 8.24. The minimum absolute atomic E-state index is 0.0740. The number of carbonyl (C=O) groups excluding carboxylic acids is 2. The molecule has 0 aromatic heterocycles. The first-order valence-electron chi connectivity index (χ1n) is 8.72. The number of cyclic esters (lactones) is 1. The van der Waals surface area contributed by atoms with Crippen LogP contribution in [0.4, 0.5) is 4.79 Å². The van der Waals surface area contributed by atoms with E-state index in [2.05, 4.69) is 22.0 Å². The summed E-state index contributed by atoms with van der Waals surface area (Å²) in [5.41, 5.74) is 0. The molecule has 0 saturated carbocycles. The van der Waals surface area contributed by atoms with Crippen molar-refractivity contribution in [3.8, 4) is 0 Å². The van der Waals surface area contributed by atoms with Gasteiger partial charge in [0.15, 0.2) is 0 Å². The highest BCUT2D eigenvalue weighted by Crippen LogP contribution is 2.26. The molecule has 3 aliphatic rings. The van der Waals surface area contributed by atoms with E-state index in [4.69, 9.17) is 4.74 Å². The highest BCUT2D eigenvalue weighted by atomic mass is 32.2. The van der Waals surface area contributed by atoms with Gasteiger partial charge in [-0.15, -0.1) is 0 Å². The van der Waals surface area contributed by atoms with E-state index < -0.39 is 0 Å². The Labute approximate surface area is 142 Å². The predicted octanol–water partition coefficient (Wildman–Crippen LogP) is 1.16. The Bertz CT molecular complexity index is 429. The van der Waals surface area contributed by atoms with Gasteiger partial charge in [0.05, 0.1) is 6.54 Å². The van der Waals surface area contributed by atoms with E-state index in [0.717, 1.165) is 19.1 Å². The number of hydrogen-bond donors (Lipinski definition) is 1. The van der Waals surface area contributed by atoms with Crippen LogP contribution in [0.5, 0.6) is 0 Å². The topological polar surface area (TPSA) is 61.9 Å². The molecule has 3 fully saturated rings. The minimum atomic E-state index is -0.376. The van der Waals surface area contributed by atoms with E-state index in [1.165, 1.54) is 48.6 Å². The summed E-state index contributed by atoms with van der Waals surface area (Å²) < 4.78 is 4.84. The number of amides is 2. The van der Waals surface area contributed by atoms with E-state index in [1.807, 2.05) is 0 Å². The Kier molecular flexibility index (Phi) is 6.05. The van der Waals surface area contributed by atoms with Crippen molar-refractivity contribution in [2.75, 3.05) is 50.8 Å². The van der Waals surface area contributed by atoms with Crippen LogP contribution in [-0.4, -0.2) is 78.7 Å². The lowest BCUT2D eigenvalue weighted by Crippen LogP contribution is -2.47. The maximum Gasteiger partial charge on any atom is 0.410 e. The van der Waals surface area contributed by atoms with Crippen molar-refractivity contribution in [3.05, 3.63) is 0 Å². The SMILES string of the molecule is O=C(CN1CCOC1=O)NCC1CCCN(C2CCSCC2)C1. The molecule has 3 heterocycles. The minimum Gasteiger partial charge on any atom is -0.448 e. The Morgan fingerprint density at radius 1 is 1.26 bits per heavy atom. The van der Waals surface area contributed by atoms with Crippen molar-refractivity contribution in [1.29, 1.82) is 0 Å². The standard InChI is InChI=1S/C16H27N3O3S/c20-15(12-19-6-7-22-16(19)21)17-10-13-2-1-5-18(11-13)14-3-8-23-9-4-14/h13-14H,1-12H2,(H,17,20). The number of likely N-dealkylation sites (tertiary alicyclic amines) is 1. The maximum atomic E-state index is 12.0. The van der Waals surface area contributed by atoms with Crippen LogP contribution in [0.25, 0.3) is 0 Å². The number of hydrogen-bond acceptors (Lipinski definition) is 5. The third kappa shape index (κ3) is 4.76. The lowest BCUT2D eigenvalue weighted by atomic mass is 9.95. The molecule has 0 radical (unpaired) electrons. The van der Waals surface area contributed by atoms with Crippen LogP contribution in [0.2, 0.25) is 0 Å². The highest BCUT2D eigenvalue weighted by molar-refractivity contribution is 7.99. The normalized spacial score (nSPS) is 27.0. The van der Waals surface area contributed by atoms with Gasteiger partial charge in [0.25, 0.3) is 0 Å². The molecule has 0 aromatic carbocycles. The molecule has 130 valence electrons. The van der Waals surface area contributed by atoms with E-state index >= 15 is 0 Å². The van der Waals surface area contributed by atoms with Crippen molar-refractivity contribution in [3.63, 3.8) is 0 Å². The smallest absolute Gasteiger partial charge is 0.410 e. The third-order valence-electron chi connectivity index (χ3n) is 5.02. The van der Waals surface area contributed by atoms with Gasteiger partial charge in [0, 0.05) is 19.1 Å². The van der Waals surface area contributed by atoms with Gasteiger partial charge < -0.3 is 10.1 Å². The number of thioether (sulfide) groups is 1. The number of piperidine rings is 1. The fourth-order valence-corrected chi connectivity index (χ4v) is 4.78. The zero-order valence-electron chi connectivity index (χ0n) is 13.7. The zero-order chi connectivity index (χ0) is 16.1. The lowest BCUT2D eigenvalue weighted by Gasteiger charge is -2.40. The fraction of sp³-hybridized carbons (Fsp3) is 0.875. The zero-order valence-corrected chi connectivity index (χ0v) is 14.5. The first-order chi connectivity index (χ1) is 11.2. The molecular weight excluding hydrogens is 314 g/mol. The Balaban J connectivity index is 1.39. The molecule has 0 spiro atoms. The van der Waals surface area contributed by atoms with E-state index in [0.29, 0.717) is 19.1 Å². The van der Waals surface area contributed by atoms with Crippen LogP contribution in [-0.2, 0) is 9.53 Å². The molecule has 3 saturated heterocycles. The van der Waals surface area contributed by atoms with Crippen molar-refractivity contribution in [2.45, 2.75) is 31.7 Å². The monoisotopic (exact) mass is 341 g/mol. The second-order valence-corrected chi connectivity index (χ2v) is 7.91.